The zero-order valence-electron chi connectivity index (χ0n) is 18.9. The molecule has 0 saturated carbocycles. The Bertz CT molecular complexity index is 1470. The van der Waals surface area contributed by atoms with E-state index in [1.165, 1.54) is 16.7 Å². The average molecular weight is 473 g/mol. The van der Waals surface area contributed by atoms with Crippen molar-refractivity contribution in [2.24, 2.45) is 0 Å². The van der Waals surface area contributed by atoms with Crippen LogP contribution in [-0.2, 0) is 4.79 Å². The van der Waals surface area contributed by atoms with Crippen LogP contribution in [0.2, 0.25) is 0 Å². The minimum absolute atomic E-state index is 0.0916. The molecule has 0 aliphatic heterocycles. The Morgan fingerprint density at radius 3 is 2.71 bits per heavy atom. The number of hydrogen-bond donors (Lipinski definition) is 1. The van der Waals surface area contributed by atoms with Gasteiger partial charge in [-0.1, -0.05) is 41.7 Å². The summed E-state index contributed by atoms with van der Waals surface area (Å²) in [5, 5.41) is 10.5. The molecule has 8 heteroatoms. The van der Waals surface area contributed by atoms with E-state index in [1.807, 2.05) is 61.5 Å². The van der Waals surface area contributed by atoms with Gasteiger partial charge in [0.25, 0.3) is 0 Å². The van der Waals surface area contributed by atoms with Crippen molar-refractivity contribution < 1.29 is 14.3 Å². The van der Waals surface area contributed by atoms with E-state index in [0.29, 0.717) is 30.4 Å². The maximum atomic E-state index is 12.6. The van der Waals surface area contributed by atoms with E-state index in [9.17, 15) is 4.79 Å². The summed E-state index contributed by atoms with van der Waals surface area (Å²) in [4.78, 5) is 17.3. The largest absolute Gasteiger partial charge is 0.497 e. The highest BCUT2D eigenvalue weighted by Gasteiger charge is 2.15. The molecule has 0 atom stereocenters. The van der Waals surface area contributed by atoms with Gasteiger partial charge in [-0.2, -0.15) is 9.78 Å². The summed E-state index contributed by atoms with van der Waals surface area (Å²) < 4.78 is 13.8. The van der Waals surface area contributed by atoms with Crippen LogP contribution in [0.4, 0.5) is 5.82 Å². The molecule has 7 nitrogen and oxygen atoms in total. The lowest BCUT2D eigenvalue weighted by atomic mass is 10.1. The fourth-order valence-corrected chi connectivity index (χ4v) is 4.69. The molecule has 1 amide bonds. The molecule has 0 unspecified atom stereocenters. The van der Waals surface area contributed by atoms with Gasteiger partial charge in [0.05, 0.1) is 29.6 Å². The summed E-state index contributed by atoms with van der Waals surface area (Å²) in [5.41, 5.74) is 1.66. The molecular formula is C26H24N4O3S. The van der Waals surface area contributed by atoms with Crippen LogP contribution in [0.25, 0.3) is 26.1 Å². The number of nitrogens with zero attached hydrogens (tertiary/aromatic N) is 3. The first kappa shape index (κ1) is 21.9. The quantitative estimate of drug-likeness (QED) is 0.291. The number of benzene rings is 3. The van der Waals surface area contributed by atoms with E-state index in [-0.39, 0.29) is 5.91 Å². The topological polar surface area (TPSA) is 78.3 Å². The van der Waals surface area contributed by atoms with Crippen molar-refractivity contribution in [2.75, 3.05) is 19.0 Å². The van der Waals surface area contributed by atoms with Gasteiger partial charge in [-0.05, 0) is 54.4 Å². The first-order valence-electron chi connectivity index (χ1n) is 11.0. The third-order valence-corrected chi connectivity index (χ3v) is 6.40. The third kappa shape index (κ3) is 4.72. The van der Waals surface area contributed by atoms with Crippen molar-refractivity contribution in [1.82, 2.24) is 14.8 Å². The minimum atomic E-state index is -0.0916. The molecule has 3 aromatic carbocycles. The Balaban J connectivity index is 1.20. The van der Waals surface area contributed by atoms with Crippen LogP contribution in [0.15, 0.2) is 66.7 Å². The second-order valence-electron chi connectivity index (χ2n) is 7.92. The summed E-state index contributed by atoms with van der Waals surface area (Å²) in [6.07, 6.45) is 0.946. The number of rotatable bonds is 8. The number of carbonyl (C=O) groups excluding carboxylic acids is 1. The molecule has 0 fully saturated rings. The lowest BCUT2D eigenvalue weighted by Gasteiger charge is -2.08. The number of amides is 1. The van der Waals surface area contributed by atoms with Crippen molar-refractivity contribution in [3.8, 4) is 16.6 Å². The number of aryl methyl sites for hydroxylation is 1. The van der Waals surface area contributed by atoms with Crippen molar-refractivity contribution in [3.63, 3.8) is 0 Å². The molecule has 0 spiro atoms. The van der Waals surface area contributed by atoms with Crippen LogP contribution in [0.1, 0.15) is 18.5 Å². The fourth-order valence-electron chi connectivity index (χ4n) is 3.73. The minimum Gasteiger partial charge on any atom is -0.497 e. The Kier molecular flexibility index (Phi) is 6.14. The monoisotopic (exact) mass is 472 g/mol. The number of hydrogen-bond acceptors (Lipinski definition) is 6. The molecule has 34 heavy (non-hydrogen) atoms. The van der Waals surface area contributed by atoms with Gasteiger partial charge >= 0.3 is 0 Å². The lowest BCUT2D eigenvalue weighted by molar-refractivity contribution is -0.116. The van der Waals surface area contributed by atoms with E-state index in [2.05, 4.69) is 27.5 Å². The molecule has 0 radical (unpaired) electrons. The van der Waals surface area contributed by atoms with E-state index in [0.717, 1.165) is 32.8 Å². The van der Waals surface area contributed by atoms with Gasteiger partial charge in [0.1, 0.15) is 17.3 Å². The van der Waals surface area contributed by atoms with Crippen LogP contribution in [0, 0.1) is 6.92 Å². The van der Waals surface area contributed by atoms with Crippen molar-refractivity contribution in [3.05, 3.63) is 72.4 Å². The fraction of sp³-hybridized carbons (Fsp3) is 0.192. The van der Waals surface area contributed by atoms with Gasteiger partial charge in [0, 0.05) is 12.5 Å². The number of fused-ring (bicyclic) bond motifs is 2. The number of aromatic nitrogens is 3. The van der Waals surface area contributed by atoms with E-state index in [4.69, 9.17) is 9.47 Å². The van der Waals surface area contributed by atoms with Gasteiger partial charge in [-0.25, -0.2) is 4.98 Å². The highest BCUT2D eigenvalue weighted by Crippen LogP contribution is 2.30. The van der Waals surface area contributed by atoms with Crippen LogP contribution in [0.3, 0.4) is 0 Å². The predicted octanol–water partition coefficient (Wildman–Crippen LogP) is 5.75. The second-order valence-corrected chi connectivity index (χ2v) is 8.93. The van der Waals surface area contributed by atoms with Crippen molar-refractivity contribution in [1.29, 1.82) is 0 Å². The molecule has 1 N–H and O–H groups in total. The Labute approximate surface area is 201 Å². The lowest BCUT2D eigenvalue weighted by Crippen LogP contribution is -2.15. The molecule has 0 aliphatic rings. The first-order chi connectivity index (χ1) is 16.6. The number of methoxy groups -OCH3 is 1. The highest BCUT2D eigenvalue weighted by atomic mass is 32.1. The number of ether oxygens (including phenoxy) is 2. The summed E-state index contributed by atoms with van der Waals surface area (Å²) in [6, 6.07) is 21.7. The van der Waals surface area contributed by atoms with E-state index in [1.54, 1.807) is 11.8 Å². The Morgan fingerprint density at radius 1 is 1.03 bits per heavy atom. The predicted molar refractivity (Wildman–Crippen MR) is 135 cm³/mol. The maximum absolute atomic E-state index is 12.6. The zero-order valence-corrected chi connectivity index (χ0v) is 19.8. The van der Waals surface area contributed by atoms with Crippen LogP contribution in [0.5, 0.6) is 11.5 Å². The summed E-state index contributed by atoms with van der Waals surface area (Å²) in [5.74, 6) is 2.09. The molecule has 0 bridgehead atoms. The summed E-state index contributed by atoms with van der Waals surface area (Å²) in [6.45, 7) is 2.35. The maximum Gasteiger partial charge on any atom is 0.225 e. The highest BCUT2D eigenvalue weighted by molar-refractivity contribution is 7.20. The number of thiazole rings is 1. The van der Waals surface area contributed by atoms with Crippen LogP contribution >= 0.6 is 11.3 Å². The number of nitrogens with one attached hydrogen (secondary N) is 1. The molecule has 2 heterocycles. The Morgan fingerprint density at radius 2 is 1.85 bits per heavy atom. The first-order valence-corrected chi connectivity index (χ1v) is 11.8. The SMILES string of the molecule is COc1ccc2nc(-n3nc(C)cc3NC(=O)CCCOc3ccc4ccccc4c3)sc2c1. The average Bonchev–Trinajstić information content (AvgIpc) is 3.43. The van der Waals surface area contributed by atoms with Gasteiger partial charge in [0.15, 0.2) is 0 Å². The van der Waals surface area contributed by atoms with Gasteiger partial charge < -0.3 is 14.8 Å². The normalized spacial score (nSPS) is 11.1. The molecule has 5 aromatic rings. The Hall–Kier alpha value is -3.91. The summed E-state index contributed by atoms with van der Waals surface area (Å²) in [7, 11) is 1.64. The molecule has 172 valence electrons. The van der Waals surface area contributed by atoms with Gasteiger partial charge in [0.2, 0.25) is 11.0 Å². The molecule has 0 saturated heterocycles. The van der Waals surface area contributed by atoms with Crippen molar-refractivity contribution >= 4 is 44.1 Å². The zero-order chi connectivity index (χ0) is 23.5. The van der Waals surface area contributed by atoms with E-state index < -0.39 is 0 Å². The summed E-state index contributed by atoms with van der Waals surface area (Å²) >= 11 is 1.49. The standard InChI is InChI=1S/C26H24N4O3S/c1-17-14-24(30(29-17)26-27-22-12-11-20(32-2)16-23(22)34-26)28-25(31)8-5-13-33-21-10-9-18-6-3-4-7-19(18)15-21/h3-4,6-7,9-12,14-16H,5,8,13H2,1-2H3,(H,28,31). The smallest absolute Gasteiger partial charge is 0.225 e. The molecule has 5 rings (SSSR count). The molecular weight excluding hydrogens is 448 g/mol. The number of carbonyl (C=O) groups is 1. The third-order valence-electron chi connectivity index (χ3n) is 5.40. The van der Waals surface area contributed by atoms with Crippen LogP contribution < -0.4 is 14.8 Å². The molecule has 2 aromatic heterocycles. The van der Waals surface area contributed by atoms with E-state index >= 15 is 0 Å². The van der Waals surface area contributed by atoms with Crippen LogP contribution in [-0.4, -0.2) is 34.4 Å². The second kappa shape index (κ2) is 9.52. The molecule has 0 aliphatic carbocycles. The van der Waals surface area contributed by atoms with Gasteiger partial charge in [-0.15, -0.1) is 0 Å². The van der Waals surface area contributed by atoms with Gasteiger partial charge in [-0.3, -0.25) is 4.79 Å². The number of anilines is 1. The van der Waals surface area contributed by atoms with Crippen molar-refractivity contribution in [2.45, 2.75) is 19.8 Å².